The Morgan fingerprint density at radius 2 is 1.21 bits per heavy atom. The number of thioether (sulfide) groups is 1. The molecule has 0 aliphatic rings. The van der Waals surface area contributed by atoms with Crippen molar-refractivity contribution in [3.05, 3.63) is 57.6 Å². The van der Waals surface area contributed by atoms with Gasteiger partial charge in [-0.1, -0.05) is 23.2 Å². The van der Waals surface area contributed by atoms with Gasteiger partial charge in [0.2, 0.25) is 0 Å². The maximum absolute atomic E-state index is 9.69. The Labute approximate surface area is 126 Å². The Morgan fingerprint density at radius 1 is 0.789 bits per heavy atom. The molecule has 0 aliphatic carbocycles. The summed E-state index contributed by atoms with van der Waals surface area (Å²) in [6, 6.07) is 9.93. The van der Waals surface area contributed by atoms with Crippen LogP contribution in [0.2, 0.25) is 10.0 Å². The molecule has 2 aromatic rings. The second-order valence-electron chi connectivity index (χ2n) is 4.04. The standard InChI is InChI=1S/C14H12Cl2O2S/c15-11-1-3-13(17)9(5-11)7-19-8-10-6-12(16)2-4-14(10)18/h1-6,17-18H,7-8H2. The SMILES string of the molecule is Oc1ccc(Cl)cc1CSCc1cc(Cl)ccc1O. The van der Waals surface area contributed by atoms with Gasteiger partial charge in [0.25, 0.3) is 0 Å². The van der Waals surface area contributed by atoms with Gasteiger partial charge in [0.05, 0.1) is 0 Å². The van der Waals surface area contributed by atoms with Crippen molar-refractivity contribution in [1.82, 2.24) is 0 Å². The van der Waals surface area contributed by atoms with Gasteiger partial charge in [0, 0.05) is 32.7 Å². The third-order valence-electron chi connectivity index (χ3n) is 2.60. The largest absolute Gasteiger partial charge is 0.508 e. The second kappa shape index (κ2) is 6.42. The van der Waals surface area contributed by atoms with Crippen LogP contribution < -0.4 is 0 Å². The van der Waals surface area contributed by atoms with E-state index in [1.165, 1.54) is 0 Å². The lowest BCUT2D eigenvalue weighted by Gasteiger charge is -2.07. The number of phenols is 2. The summed E-state index contributed by atoms with van der Waals surface area (Å²) < 4.78 is 0. The van der Waals surface area contributed by atoms with Gasteiger partial charge in [0.15, 0.2) is 0 Å². The Morgan fingerprint density at radius 3 is 1.63 bits per heavy atom. The molecule has 0 saturated heterocycles. The molecule has 0 heterocycles. The van der Waals surface area contributed by atoms with Gasteiger partial charge in [-0.3, -0.25) is 0 Å². The molecule has 0 aliphatic heterocycles. The molecule has 0 radical (unpaired) electrons. The van der Waals surface area contributed by atoms with E-state index >= 15 is 0 Å². The predicted molar refractivity (Wildman–Crippen MR) is 81.2 cm³/mol. The molecule has 0 saturated carbocycles. The molecule has 0 aromatic heterocycles. The number of rotatable bonds is 4. The maximum Gasteiger partial charge on any atom is 0.119 e. The second-order valence-corrected chi connectivity index (χ2v) is 5.90. The van der Waals surface area contributed by atoms with Gasteiger partial charge in [0.1, 0.15) is 11.5 Å². The highest BCUT2D eigenvalue weighted by Gasteiger charge is 2.05. The molecule has 19 heavy (non-hydrogen) atoms. The maximum atomic E-state index is 9.69. The lowest BCUT2D eigenvalue weighted by molar-refractivity contribution is 0.470. The summed E-state index contributed by atoms with van der Waals surface area (Å²) in [5.41, 5.74) is 1.55. The van der Waals surface area contributed by atoms with Gasteiger partial charge in [-0.15, -0.1) is 0 Å². The zero-order chi connectivity index (χ0) is 13.8. The van der Waals surface area contributed by atoms with E-state index in [-0.39, 0.29) is 11.5 Å². The van der Waals surface area contributed by atoms with Crippen molar-refractivity contribution in [3.63, 3.8) is 0 Å². The number of halogens is 2. The number of benzene rings is 2. The molecule has 0 spiro atoms. The zero-order valence-electron chi connectivity index (χ0n) is 9.94. The third kappa shape index (κ3) is 3.96. The fraction of sp³-hybridized carbons (Fsp3) is 0.143. The van der Waals surface area contributed by atoms with Crippen LogP contribution in [0.4, 0.5) is 0 Å². The molecule has 100 valence electrons. The monoisotopic (exact) mass is 314 g/mol. The molecule has 2 rings (SSSR count). The van der Waals surface area contributed by atoms with Crippen LogP contribution >= 0.6 is 35.0 Å². The van der Waals surface area contributed by atoms with Crippen molar-refractivity contribution in [2.45, 2.75) is 11.5 Å². The fourth-order valence-electron chi connectivity index (χ4n) is 1.61. The molecule has 2 aromatic carbocycles. The van der Waals surface area contributed by atoms with Crippen molar-refractivity contribution in [2.24, 2.45) is 0 Å². The van der Waals surface area contributed by atoms with Crippen LogP contribution in [0.1, 0.15) is 11.1 Å². The number of phenolic OH excluding ortho intramolecular Hbond substituents is 2. The van der Waals surface area contributed by atoms with Crippen LogP contribution in [0, 0.1) is 0 Å². The highest BCUT2D eigenvalue weighted by Crippen LogP contribution is 2.30. The van der Waals surface area contributed by atoms with Crippen molar-refractivity contribution < 1.29 is 10.2 Å². The minimum atomic E-state index is 0.229. The van der Waals surface area contributed by atoms with Crippen LogP contribution in [-0.4, -0.2) is 10.2 Å². The van der Waals surface area contributed by atoms with E-state index in [9.17, 15) is 10.2 Å². The Balaban J connectivity index is 2.00. The Bertz CT molecular complexity index is 536. The van der Waals surface area contributed by atoms with Crippen LogP contribution in [0.15, 0.2) is 36.4 Å². The molecule has 0 amide bonds. The fourth-order valence-corrected chi connectivity index (χ4v) is 3.00. The smallest absolute Gasteiger partial charge is 0.119 e. The summed E-state index contributed by atoms with van der Waals surface area (Å²) >= 11 is 13.3. The van der Waals surface area contributed by atoms with Gasteiger partial charge >= 0.3 is 0 Å². The summed E-state index contributed by atoms with van der Waals surface area (Å²) in [6.45, 7) is 0. The lowest BCUT2D eigenvalue weighted by atomic mass is 10.2. The van der Waals surface area contributed by atoms with Crippen LogP contribution in [0.5, 0.6) is 11.5 Å². The third-order valence-corrected chi connectivity index (χ3v) is 4.10. The molecule has 0 atom stereocenters. The first-order chi connectivity index (χ1) is 9.06. The average molecular weight is 315 g/mol. The van der Waals surface area contributed by atoms with E-state index in [1.807, 2.05) is 0 Å². The molecular weight excluding hydrogens is 303 g/mol. The van der Waals surface area contributed by atoms with Gasteiger partial charge in [-0.2, -0.15) is 11.8 Å². The molecule has 0 unspecified atom stereocenters. The first-order valence-electron chi connectivity index (χ1n) is 5.59. The Kier molecular flexibility index (Phi) is 4.86. The highest BCUT2D eigenvalue weighted by molar-refractivity contribution is 7.97. The summed E-state index contributed by atoms with van der Waals surface area (Å²) in [5.74, 6) is 1.68. The highest BCUT2D eigenvalue weighted by atomic mass is 35.5. The van der Waals surface area contributed by atoms with Crippen LogP contribution in [0.25, 0.3) is 0 Å². The molecular formula is C14H12Cl2O2S. The normalized spacial score (nSPS) is 10.6. The van der Waals surface area contributed by atoms with Gasteiger partial charge in [-0.25, -0.2) is 0 Å². The van der Waals surface area contributed by atoms with Gasteiger partial charge in [-0.05, 0) is 36.4 Å². The predicted octanol–water partition coefficient (Wildman–Crippen LogP) is 4.84. The molecule has 0 fully saturated rings. The number of aromatic hydroxyl groups is 2. The van der Waals surface area contributed by atoms with E-state index in [1.54, 1.807) is 48.2 Å². The lowest BCUT2D eigenvalue weighted by Crippen LogP contribution is -1.86. The average Bonchev–Trinajstić information content (AvgIpc) is 2.38. The first-order valence-corrected chi connectivity index (χ1v) is 7.50. The van der Waals surface area contributed by atoms with E-state index in [4.69, 9.17) is 23.2 Å². The molecule has 5 heteroatoms. The number of hydrogen-bond donors (Lipinski definition) is 2. The Hall–Kier alpha value is -1.03. The summed E-state index contributed by atoms with van der Waals surface area (Å²) in [5, 5.41) is 20.6. The molecule has 2 nitrogen and oxygen atoms in total. The van der Waals surface area contributed by atoms with E-state index < -0.39 is 0 Å². The van der Waals surface area contributed by atoms with Crippen LogP contribution in [0.3, 0.4) is 0 Å². The summed E-state index contributed by atoms with van der Waals surface area (Å²) in [7, 11) is 0. The van der Waals surface area contributed by atoms with Crippen molar-refractivity contribution in [3.8, 4) is 11.5 Å². The van der Waals surface area contributed by atoms with Gasteiger partial charge < -0.3 is 10.2 Å². The molecule has 0 bridgehead atoms. The van der Waals surface area contributed by atoms with E-state index in [0.29, 0.717) is 21.6 Å². The minimum absolute atomic E-state index is 0.229. The summed E-state index contributed by atoms with van der Waals surface area (Å²) in [4.78, 5) is 0. The van der Waals surface area contributed by atoms with E-state index in [2.05, 4.69) is 0 Å². The number of hydrogen-bond acceptors (Lipinski definition) is 3. The minimum Gasteiger partial charge on any atom is -0.508 e. The van der Waals surface area contributed by atoms with Crippen LogP contribution in [-0.2, 0) is 11.5 Å². The molecule has 2 N–H and O–H groups in total. The summed E-state index contributed by atoms with van der Waals surface area (Å²) in [6.07, 6.45) is 0. The van der Waals surface area contributed by atoms with E-state index in [0.717, 1.165) is 11.1 Å². The van der Waals surface area contributed by atoms with Crippen molar-refractivity contribution in [1.29, 1.82) is 0 Å². The quantitative estimate of drug-likeness (QED) is 0.848. The first kappa shape index (κ1) is 14.4. The van der Waals surface area contributed by atoms with Crippen molar-refractivity contribution in [2.75, 3.05) is 0 Å². The zero-order valence-corrected chi connectivity index (χ0v) is 12.3. The van der Waals surface area contributed by atoms with Crippen molar-refractivity contribution >= 4 is 35.0 Å². The topological polar surface area (TPSA) is 40.5 Å².